The van der Waals surface area contributed by atoms with Gasteiger partial charge in [-0.1, -0.05) is 13.8 Å². The number of carbonyl (C=O) groups is 2. The fourth-order valence-electron chi connectivity index (χ4n) is 0.756. The van der Waals surface area contributed by atoms with E-state index in [4.69, 9.17) is 0 Å². The first-order chi connectivity index (χ1) is 5.61. The Balaban J connectivity index is 3.76. The van der Waals surface area contributed by atoms with Gasteiger partial charge in [-0.3, -0.25) is 9.59 Å². The number of hydrogen-bond donors (Lipinski definition) is 0. The van der Waals surface area contributed by atoms with E-state index in [1.165, 1.54) is 0 Å². The molecule has 1 atom stereocenters. The number of rotatable bonds is 5. The molecule has 0 aromatic rings. The summed E-state index contributed by atoms with van der Waals surface area (Å²) in [6.45, 7) is 5.81. The second-order valence-corrected chi connectivity index (χ2v) is 2.76. The van der Waals surface area contributed by atoms with Gasteiger partial charge in [-0.05, 0) is 13.3 Å². The maximum absolute atomic E-state index is 11.2. The van der Waals surface area contributed by atoms with Crippen LogP contribution in [0.3, 0.4) is 0 Å². The minimum atomic E-state index is -0.414. The zero-order chi connectivity index (χ0) is 9.56. The predicted molar refractivity (Wildman–Crippen MR) is 45.7 cm³/mol. The van der Waals surface area contributed by atoms with Gasteiger partial charge in [0.1, 0.15) is 12.2 Å². The molecule has 0 amide bonds. The summed E-state index contributed by atoms with van der Waals surface area (Å²) >= 11 is 0. The smallest absolute Gasteiger partial charge is 0.313 e. The van der Waals surface area contributed by atoms with Crippen LogP contribution in [0.5, 0.6) is 0 Å². The standard InChI is InChI=1S/C9H16O3/c1-4-7(3)8(10)6-9(11)12-5-2/h7H,4-6H2,1-3H3/t7-/m0/s1. The van der Waals surface area contributed by atoms with Crippen molar-refractivity contribution in [1.82, 2.24) is 0 Å². The zero-order valence-corrected chi connectivity index (χ0v) is 7.92. The summed E-state index contributed by atoms with van der Waals surface area (Å²) in [6.07, 6.45) is 0.696. The molecule has 0 saturated heterocycles. The number of Topliss-reactive ketones (excluding diaryl/α,β-unsaturated/α-hetero) is 1. The van der Waals surface area contributed by atoms with Gasteiger partial charge in [-0.25, -0.2) is 0 Å². The van der Waals surface area contributed by atoms with Crippen molar-refractivity contribution in [2.45, 2.75) is 33.6 Å². The molecule has 0 unspecified atom stereocenters. The van der Waals surface area contributed by atoms with Gasteiger partial charge in [0.05, 0.1) is 6.61 Å². The lowest BCUT2D eigenvalue weighted by Crippen LogP contribution is -2.16. The molecule has 0 fully saturated rings. The average Bonchev–Trinajstić information content (AvgIpc) is 2.03. The third-order valence-corrected chi connectivity index (χ3v) is 1.79. The summed E-state index contributed by atoms with van der Waals surface area (Å²) in [5.74, 6) is -0.479. The molecule has 70 valence electrons. The molecule has 0 aliphatic heterocycles. The van der Waals surface area contributed by atoms with Crippen LogP contribution in [0.1, 0.15) is 33.6 Å². The Labute approximate surface area is 73.1 Å². The van der Waals surface area contributed by atoms with Gasteiger partial charge >= 0.3 is 5.97 Å². The molecule has 0 aromatic heterocycles. The average molecular weight is 172 g/mol. The summed E-state index contributed by atoms with van der Waals surface area (Å²) in [5, 5.41) is 0. The van der Waals surface area contributed by atoms with Crippen LogP contribution in [0.15, 0.2) is 0 Å². The predicted octanol–water partition coefficient (Wildman–Crippen LogP) is 1.55. The lowest BCUT2D eigenvalue weighted by Gasteiger charge is -2.05. The Morgan fingerprint density at radius 2 is 1.92 bits per heavy atom. The van der Waals surface area contributed by atoms with Crippen LogP contribution in [0.2, 0.25) is 0 Å². The third-order valence-electron chi connectivity index (χ3n) is 1.79. The molecule has 0 bridgehead atoms. The van der Waals surface area contributed by atoms with Crippen LogP contribution in [-0.2, 0) is 14.3 Å². The molecule has 0 saturated carbocycles. The van der Waals surface area contributed by atoms with Crippen LogP contribution in [0, 0.1) is 5.92 Å². The maximum Gasteiger partial charge on any atom is 0.313 e. The summed E-state index contributed by atoms with van der Waals surface area (Å²) in [6, 6.07) is 0. The van der Waals surface area contributed by atoms with E-state index in [0.717, 1.165) is 6.42 Å². The summed E-state index contributed by atoms with van der Waals surface area (Å²) in [4.78, 5) is 22.0. The first-order valence-electron chi connectivity index (χ1n) is 4.30. The van der Waals surface area contributed by atoms with Crippen molar-refractivity contribution in [2.24, 2.45) is 5.92 Å². The Morgan fingerprint density at radius 3 is 2.33 bits per heavy atom. The van der Waals surface area contributed by atoms with Crippen LogP contribution in [0.4, 0.5) is 0 Å². The molecule has 0 aliphatic rings. The van der Waals surface area contributed by atoms with Gasteiger partial charge in [-0.2, -0.15) is 0 Å². The van der Waals surface area contributed by atoms with Gasteiger partial charge in [0.25, 0.3) is 0 Å². The van der Waals surface area contributed by atoms with Gasteiger partial charge in [-0.15, -0.1) is 0 Å². The number of carbonyl (C=O) groups excluding carboxylic acids is 2. The monoisotopic (exact) mass is 172 g/mol. The number of ether oxygens (including phenoxy) is 1. The second kappa shape index (κ2) is 5.75. The summed E-state index contributed by atoms with van der Waals surface area (Å²) < 4.78 is 4.65. The van der Waals surface area contributed by atoms with Gasteiger partial charge in [0.15, 0.2) is 0 Å². The lowest BCUT2D eigenvalue weighted by molar-refractivity contribution is -0.146. The molecule has 3 nitrogen and oxygen atoms in total. The van der Waals surface area contributed by atoms with Crippen molar-refractivity contribution in [3.8, 4) is 0 Å². The highest BCUT2D eigenvalue weighted by Crippen LogP contribution is 2.05. The molecule has 12 heavy (non-hydrogen) atoms. The highest BCUT2D eigenvalue weighted by atomic mass is 16.5. The fourth-order valence-corrected chi connectivity index (χ4v) is 0.756. The summed E-state index contributed by atoms with van der Waals surface area (Å²) in [7, 11) is 0. The highest BCUT2D eigenvalue weighted by Gasteiger charge is 2.15. The first kappa shape index (κ1) is 11.1. The van der Waals surface area contributed by atoms with E-state index >= 15 is 0 Å². The molecular weight excluding hydrogens is 156 g/mol. The van der Waals surface area contributed by atoms with E-state index in [-0.39, 0.29) is 18.1 Å². The van der Waals surface area contributed by atoms with E-state index in [1.807, 2.05) is 13.8 Å². The van der Waals surface area contributed by atoms with E-state index in [9.17, 15) is 9.59 Å². The van der Waals surface area contributed by atoms with Crippen LogP contribution >= 0.6 is 0 Å². The van der Waals surface area contributed by atoms with E-state index in [2.05, 4.69) is 4.74 Å². The van der Waals surface area contributed by atoms with Crippen molar-refractivity contribution < 1.29 is 14.3 Å². The van der Waals surface area contributed by atoms with Crippen LogP contribution in [-0.4, -0.2) is 18.4 Å². The first-order valence-corrected chi connectivity index (χ1v) is 4.30. The molecule has 0 rings (SSSR count). The van der Waals surface area contributed by atoms with E-state index < -0.39 is 5.97 Å². The van der Waals surface area contributed by atoms with Crippen molar-refractivity contribution >= 4 is 11.8 Å². The quantitative estimate of drug-likeness (QED) is 0.467. The van der Waals surface area contributed by atoms with Gasteiger partial charge < -0.3 is 4.74 Å². The van der Waals surface area contributed by atoms with Crippen LogP contribution in [0.25, 0.3) is 0 Å². The number of hydrogen-bond acceptors (Lipinski definition) is 3. The Bertz CT molecular complexity index is 163. The molecule has 3 heteroatoms. The normalized spacial score (nSPS) is 12.2. The topological polar surface area (TPSA) is 43.4 Å². The minimum absolute atomic E-state index is 0.0315. The largest absolute Gasteiger partial charge is 0.466 e. The molecule has 0 radical (unpaired) electrons. The van der Waals surface area contributed by atoms with E-state index in [1.54, 1.807) is 6.92 Å². The van der Waals surface area contributed by atoms with Gasteiger partial charge in [0, 0.05) is 5.92 Å². The molecular formula is C9H16O3. The maximum atomic E-state index is 11.2. The van der Waals surface area contributed by atoms with E-state index in [0.29, 0.717) is 6.61 Å². The molecule has 0 spiro atoms. The lowest BCUT2D eigenvalue weighted by atomic mass is 10.0. The number of ketones is 1. The molecule has 0 aromatic carbocycles. The molecule has 0 heterocycles. The van der Waals surface area contributed by atoms with Crippen molar-refractivity contribution in [2.75, 3.05) is 6.61 Å². The Morgan fingerprint density at radius 1 is 1.33 bits per heavy atom. The van der Waals surface area contributed by atoms with Crippen LogP contribution < -0.4 is 0 Å². The minimum Gasteiger partial charge on any atom is -0.466 e. The second-order valence-electron chi connectivity index (χ2n) is 2.76. The molecule has 0 N–H and O–H groups in total. The summed E-state index contributed by atoms with van der Waals surface area (Å²) in [5.41, 5.74) is 0. The Kier molecular flexibility index (Phi) is 5.34. The van der Waals surface area contributed by atoms with Gasteiger partial charge in [0.2, 0.25) is 0 Å². The SMILES string of the molecule is CCOC(=O)CC(=O)[C@@H](C)CC. The fraction of sp³-hybridized carbons (Fsp3) is 0.778. The number of esters is 1. The molecule has 0 aliphatic carbocycles. The van der Waals surface area contributed by atoms with Crippen molar-refractivity contribution in [1.29, 1.82) is 0 Å². The third kappa shape index (κ3) is 4.11. The van der Waals surface area contributed by atoms with Crippen molar-refractivity contribution in [3.63, 3.8) is 0 Å². The zero-order valence-electron chi connectivity index (χ0n) is 7.92. The van der Waals surface area contributed by atoms with Crippen molar-refractivity contribution in [3.05, 3.63) is 0 Å². The Hall–Kier alpha value is -0.860. The highest BCUT2D eigenvalue weighted by molar-refractivity contribution is 5.96.